The second kappa shape index (κ2) is 16.6. The molecule has 0 saturated heterocycles. The van der Waals surface area contributed by atoms with Gasteiger partial charge in [-0.05, 0) is 44.8 Å². The highest BCUT2D eigenvalue weighted by molar-refractivity contribution is 5.89. The molecule has 0 aromatic heterocycles. The van der Waals surface area contributed by atoms with Crippen LogP contribution in [0.3, 0.4) is 0 Å². The molecule has 0 aliphatic rings. The van der Waals surface area contributed by atoms with Crippen molar-refractivity contribution in [2.45, 2.75) is 20.6 Å². The van der Waals surface area contributed by atoms with E-state index in [1.807, 2.05) is 0 Å². The lowest BCUT2D eigenvalue weighted by Crippen LogP contribution is -2.12. The van der Waals surface area contributed by atoms with E-state index in [1.165, 1.54) is 0 Å². The Labute approximate surface area is 269 Å². The molecule has 0 saturated carbocycles. The fraction of sp³-hybridized carbons (Fsp3) is 0.100. The second-order valence-corrected chi connectivity index (χ2v) is 7.60. The van der Waals surface area contributed by atoms with Crippen molar-refractivity contribution in [2.75, 3.05) is 0 Å². The Morgan fingerprint density at radius 3 is 1.43 bits per heavy atom. The van der Waals surface area contributed by atoms with Gasteiger partial charge in [-0.2, -0.15) is 17.6 Å². The molecule has 0 atom stereocenters. The third-order valence-corrected chi connectivity index (χ3v) is 4.27. The van der Waals surface area contributed by atoms with E-state index < -0.39 is 143 Å². The van der Waals surface area contributed by atoms with Gasteiger partial charge in [-0.1, -0.05) is 19.7 Å². The fourth-order valence-corrected chi connectivity index (χ4v) is 2.19. The van der Waals surface area contributed by atoms with E-state index in [2.05, 4.69) is 33.9 Å². The van der Waals surface area contributed by atoms with Gasteiger partial charge in [-0.25, -0.2) is 40.7 Å². The van der Waals surface area contributed by atoms with Gasteiger partial charge in [-0.15, -0.1) is 0 Å². The number of hydrogen-bond acceptors (Lipinski definition) is 6. The fourth-order valence-electron chi connectivity index (χ4n) is 2.19. The summed E-state index contributed by atoms with van der Waals surface area (Å²) in [5.41, 5.74) is -3.02. The van der Waals surface area contributed by atoms with E-state index in [4.69, 9.17) is 15.1 Å². The normalized spacial score (nSPS) is 14.3. The second-order valence-electron chi connectivity index (χ2n) is 7.60. The summed E-state index contributed by atoms with van der Waals surface area (Å²) in [4.78, 5) is 33.8. The molecule has 16 heteroatoms. The summed E-state index contributed by atoms with van der Waals surface area (Å²) >= 11 is 0. The van der Waals surface area contributed by atoms with E-state index in [9.17, 15) is 58.3 Å². The molecule has 46 heavy (non-hydrogen) atoms. The predicted molar refractivity (Wildman–Crippen MR) is 140 cm³/mol. The van der Waals surface area contributed by atoms with Crippen LogP contribution in [0, 0.1) is 58.2 Å². The number of esters is 3. The van der Waals surface area contributed by atoms with Gasteiger partial charge in [0.15, 0.2) is 46.4 Å². The highest BCUT2D eigenvalue weighted by Crippen LogP contribution is 2.27. The van der Waals surface area contributed by atoms with Crippen LogP contribution in [-0.2, 0) is 14.4 Å². The Balaban J connectivity index is 0.000000428. The van der Waals surface area contributed by atoms with E-state index in [1.54, 1.807) is 0 Å². The molecule has 0 N–H and O–H groups in total. The van der Waals surface area contributed by atoms with E-state index in [0.29, 0.717) is 12.1 Å². The van der Waals surface area contributed by atoms with Crippen LogP contribution in [-0.4, -0.2) is 17.9 Å². The molecule has 0 bridgehead atoms. The molecule has 0 aliphatic carbocycles. The highest BCUT2D eigenvalue weighted by atomic mass is 19.2. The molecule has 0 fully saturated rings. The first kappa shape index (κ1) is 23.9. The molecular weight excluding hydrogens is 646 g/mol. The zero-order valence-electron chi connectivity index (χ0n) is 33.1. The Bertz CT molecular complexity index is 2080. The van der Waals surface area contributed by atoms with Crippen LogP contribution in [0.25, 0.3) is 0 Å². The minimum atomic E-state index is -2.96. The number of rotatable bonds is 6. The van der Waals surface area contributed by atoms with Crippen LogP contribution >= 0.6 is 0 Å². The van der Waals surface area contributed by atoms with Gasteiger partial charge in [0.25, 0.3) is 0 Å². The average Bonchev–Trinajstić information content (AvgIpc) is 3.11. The summed E-state index contributed by atoms with van der Waals surface area (Å²) in [5, 5.41) is 0. The van der Waals surface area contributed by atoms with Gasteiger partial charge in [0.05, 0.1) is 2.74 Å². The highest BCUT2D eigenvalue weighted by Gasteiger charge is 2.23. The number of hydrogen-bond donors (Lipinski definition) is 0. The summed E-state index contributed by atoms with van der Waals surface area (Å²) in [7, 11) is 0. The van der Waals surface area contributed by atoms with Gasteiger partial charge < -0.3 is 14.2 Å². The number of ether oxygens (including phenoxy) is 3. The first-order chi connectivity index (χ1) is 25.7. The number of carbonyl (C=O) groups is 3. The van der Waals surface area contributed by atoms with Gasteiger partial charge in [0, 0.05) is 35.1 Å². The Morgan fingerprint density at radius 1 is 0.543 bits per heavy atom. The van der Waals surface area contributed by atoms with Crippen molar-refractivity contribution in [3.05, 3.63) is 125 Å². The molecular formula is C30H20F10O6. The zero-order valence-corrected chi connectivity index (χ0v) is 22.1. The largest absolute Gasteiger partial charge is 0.420 e. The summed E-state index contributed by atoms with van der Waals surface area (Å²) in [6, 6.07) is -1.43. The van der Waals surface area contributed by atoms with Crippen molar-refractivity contribution in [2.24, 2.45) is 0 Å². The monoisotopic (exact) mass is 677 g/mol. The number of halogens is 10. The summed E-state index contributed by atoms with van der Waals surface area (Å²) in [6.07, 6.45) is 0. The molecule has 3 aromatic rings. The summed E-state index contributed by atoms with van der Waals surface area (Å²) in [5.74, 6) is -27.3. The molecule has 3 aromatic carbocycles. The van der Waals surface area contributed by atoms with Crippen molar-refractivity contribution < 1.29 is 87.6 Å². The van der Waals surface area contributed by atoms with Gasteiger partial charge in [0.2, 0.25) is 29.0 Å². The first-order valence-corrected chi connectivity index (χ1v) is 11.0. The Kier molecular flexibility index (Phi) is 8.63. The van der Waals surface area contributed by atoms with Crippen molar-refractivity contribution in [3.8, 4) is 17.2 Å². The first-order valence-electron chi connectivity index (χ1n) is 16.5. The minimum absolute atomic E-state index is 0.0828. The van der Waals surface area contributed by atoms with Crippen molar-refractivity contribution in [1.29, 1.82) is 0 Å². The Hall–Kier alpha value is -5.41. The van der Waals surface area contributed by atoms with Gasteiger partial charge in [0.1, 0.15) is 0 Å². The van der Waals surface area contributed by atoms with Crippen LogP contribution in [0.2, 0.25) is 0 Å². The molecule has 0 aliphatic heterocycles. The molecule has 0 radical (unpaired) electrons. The maximum atomic E-state index is 13.4. The van der Waals surface area contributed by atoms with Crippen LogP contribution in [0.15, 0.2) is 66.7 Å². The smallest absolute Gasteiger partial charge is 0.338 e. The maximum Gasteiger partial charge on any atom is 0.338 e. The van der Waals surface area contributed by atoms with Crippen LogP contribution in [0.1, 0.15) is 35.6 Å². The third-order valence-electron chi connectivity index (χ3n) is 4.27. The summed E-state index contributed by atoms with van der Waals surface area (Å²) < 4.78 is 218. The Morgan fingerprint density at radius 2 is 0.957 bits per heavy atom. The zero-order chi connectivity index (χ0) is 44.9. The lowest BCUT2D eigenvalue weighted by Gasteiger charge is -2.07. The van der Waals surface area contributed by atoms with Crippen LogP contribution < -0.4 is 14.2 Å². The van der Waals surface area contributed by atoms with Crippen molar-refractivity contribution in [3.63, 3.8) is 0 Å². The van der Waals surface area contributed by atoms with E-state index in [0.717, 1.165) is 0 Å². The molecule has 6 nitrogen and oxygen atoms in total. The molecule has 0 spiro atoms. The number of carbonyl (C=O) groups excluding carboxylic acids is 3. The van der Waals surface area contributed by atoms with E-state index >= 15 is 0 Å². The standard InChI is InChI=1S/C10H6F4O2.2C10H7F3O2/c1-4(2)10(15)16-9-7(13)5(11)3-6(12)8(9)14;2*1-5(2)10(14)15-7-4-3-6(11)8(12)9(7)13/h3H,1H2,2H3;2*3-4H,1H2,2H3/i2D3;2D3,3D,4D;2D3. The van der Waals surface area contributed by atoms with Crippen molar-refractivity contribution in [1.82, 2.24) is 0 Å². The van der Waals surface area contributed by atoms with Crippen LogP contribution in [0.5, 0.6) is 17.2 Å². The maximum absolute atomic E-state index is 13.4. The molecule has 246 valence electrons. The molecule has 3 rings (SSSR count). The lowest BCUT2D eigenvalue weighted by atomic mass is 10.3. The third kappa shape index (κ3) is 10.3. The summed E-state index contributed by atoms with van der Waals surface area (Å²) in [6.45, 7) is 0.0214. The SMILES string of the molecule is [2H]C([2H])([2H])C(=C)C(=O)Oc1c(F)c(F)cc(F)c1F.[2H]C([2H])([2H])C(=C)C(=O)Oc1ccc(F)c(F)c1F.[2H]c1c([2H])c(OC(=O)C(=C)C([2H])([2H])[2H])c(F)c(F)c1F. The minimum Gasteiger partial charge on any atom is -0.420 e. The topological polar surface area (TPSA) is 78.9 Å². The van der Waals surface area contributed by atoms with Gasteiger partial charge in [-0.3, -0.25) is 0 Å². The lowest BCUT2D eigenvalue weighted by molar-refractivity contribution is -0.131. The van der Waals surface area contributed by atoms with E-state index in [-0.39, 0.29) is 6.07 Å². The molecule has 0 amide bonds. The quantitative estimate of drug-likeness (QED) is 0.0660. The number of benzene rings is 3. The predicted octanol–water partition coefficient (Wildman–Crippen LogP) is 7.90. The molecule has 0 heterocycles. The molecule has 0 unspecified atom stereocenters. The average molecular weight is 678 g/mol. The van der Waals surface area contributed by atoms with Gasteiger partial charge >= 0.3 is 17.9 Å². The van der Waals surface area contributed by atoms with Crippen molar-refractivity contribution >= 4 is 17.9 Å². The van der Waals surface area contributed by atoms with Crippen LogP contribution in [0.4, 0.5) is 43.9 Å².